The summed E-state index contributed by atoms with van der Waals surface area (Å²) in [5.41, 5.74) is 0.209. The molecule has 0 spiro atoms. The molecule has 0 aliphatic rings. The number of rotatable bonds is 4. The molecule has 2 rings (SSSR count). The third-order valence-corrected chi connectivity index (χ3v) is 3.29. The van der Waals surface area contributed by atoms with Crippen LogP contribution in [0.25, 0.3) is 16.3 Å². The maximum absolute atomic E-state index is 11.8. The molecule has 0 heterocycles. The zero-order valence-electron chi connectivity index (χ0n) is 12.8. The lowest BCUT2D eigenvalue weighted by Gasteiger charge is -2.07. The van der Waals surface area contributed by atoms with Gasteiger partial charge < -0.3 is 9.47 Å². The number of fused-ring (bicyclic) bond motifs is 1. The Bertz CT molecular complexity index is 870. The van der Waals surface area contributed by atoms with Crippen LogP contribution in [-0.2, 0) is 9.53 Å². The summed E-state index contributed by atoms with van der Waals surface area (Å²) in [6.45, 7) is 1.78. The fourth-order valence-corrected chi connectivity index (χ4v) is 2.18. The number of nitriles is 2. The number of carbonyl (C=O) groups excluding carboxylic acids is 1. The van der Waals surface area contributed by atoms with E-state index in [0.29, 0.717) is 5.56 Å². The summed E-state index contributed by atoms with van der Waals surface area (Å²) in [6.07, 6.45) is 0. The van der Waals surface area contributed by atoms with Crippen molar-refractivity contribution in [3.63, 3.8) is 0 Å². The summed E-state index contributed by atoms with van der Waals surface area (Å²) in [4.78, 5) is 11.8. The van der Waals surface area contributed by atoms with Gasteiger partial charge in [-0.3, -0.25) is 0 Å². The number of hydrogen-bond donors (Lipinski definition) is 0. The summed E-state index contributed by atoms with van der Waals surface area (Å²) >= 11 is 0. The van der Waals surface area contributed by atoms with Gasteiger partial charge in [-0.15, -0.1) is 0 Å². The van der Waals surface area contributed by atoms with Gasteiger partial charge in [0.1, 0.15) is 17.9 Å². The molecule has 0 unspecified atom stereocenters. The van der Waals surface area contributed by atoms with Gasteiger partial charge in [-0.05, 0) is 41.5 Å². The van der Waals surface area contributed by atoms with E-state index in [-0.39, 0.29) is 17.8 Å². The second kappa shape index (κ2) is 7.11. The van der Waals surface area contributed by atoms with E-state index in [4.69, 9.17) is 9.47 Å². The van der Waals surface area contributed by atoms with Crippen molar-refractivity contribution in [2.24, 2.45) is 0 Å². The van der Waals surface area contributed by atoms with Crippen LogP contribution < -0.4 is 4.74 Å². The quantitative estimate of drug-likeness (QED) is 0.492. The van der Waals surface area contributed by atoms with Crippen LogP contribution in [0.1, 0.15) is 12.5 Å². The Morgan fingerprint density at radius 2 is 1.78 bits per heavy atom. The Balaban J connectivity index is 2.58. The highest BCUT2D eigenvalue weighted by Gasteiger charge is 2.18. The molecule has 0 atom stereocenters. The van der Waals surface area contributed by atoms with Gasteiger partial charge in [0.05, 0.1) is 19.3 Å². The normalized spacial score (nSPS) is 11.1. The van der Waals surface area contributed by atoms with E-state index in [1.807, 2.05) is 24.3 Å². The van der Waals surface area contributed by atoms with Gasteiger partial charge in [0, 0.05) is 0 Å². The molecule has 0 aliphatic heterocycles. The van der Waals surface area contributed by atoms with Gasteiger partial charge in [-0.2, -0.15) is 10.5 Å². The Morgan fingerprint density at radius 1 is 1.09 bits per heavy atom. The summed E-state index contributed by atoms with van der Waals surface area (Å²) in [5, 5.41) is 20.4. The van der Waals surface area contributed by atoms with Crippen molar-refractivity contribution in [2.45, 2.75) is 6.92 Å². The molecule has 114 valence electrons. The van der Waals surface area contributed by atoms with E-state index in [2.05, 4.69) is 0 Å². The first kappa shape index (κ1) is 16.1. The number of methoxy groups -OCH3 is 1. The highest BCUT2D eigenvalue weighted by molar-refractivity contribution is 6.05. The predicted molar refractivity (Wildman–Crippen MR) is 85.3 cm³/mol. The molecule has 0 aliphatic carbocycles. The second-order valence-electron chi connectivity index (χ2n) is 4.62. The first-order valence-electron chi connectivity index (χ1n) is 6.94. The number of esters is 1. The third kappa shape index (κ3) is 3.30. The molecule has 5 nitrogen and oxygen atoms in total. The maximum Gasteiger partial charge on any atom is 0.350 e. The van der Waals surface area contributed by atoms with Crippen molar-refractivity contribution in [1.82, 2.24) is 0 Å². The average Bonchev–Trinajstić information content (AvgIpc) is 2.58. The number of carbonyl (C=O) groups is 1. The van der Waals surface area contributed by atoms with Crippen LogP contribution in [0.4, 0.5) is 0 Å². The molecule has 0 radical (unpaired) electrons. The Hall–Kier alpha value is -3.31. The average molecular weight is 306 g/mol. The van der Waals surface area contributed by atoms with E-state index in [1.165, 1.54) is 0 Å². The van der Waals surface area contributed by atoms with Crippen LogP contribution in [-0.4, -0.2) is 19.7 Å². The lowest BCUT2D eigenvalue weighted by molar-refractivity contribution is -0.137. The van der Waals surface area contributed by atoms with Crippen LogP contribution >= 0.6 is 0 Å². The number of ether oxygens (including phenoxy) is 2. The van der Waals surface area contributed by atoms with Gasteiger partial charge in [0.2, 0.25) is 0 Å². The molecule has 2 aromatic carbocycles. The number of benzene rings is 2. The first-order chi connectivity index (χ1) is 11.1. The molecule has 0 N–H and O–H groups in total. The SMILES string of the molecule is CCOC(=O)C(C#N)=C(C#N)c1ccc2cc(OC)ccc2c1. The molecular formula is C18H14N2O3. The van der Waals surface area contributed by atoms with Crippen LogP contribution in [0.15, 0.2) is 42.0 Å². The Kier molecular flexibility index (Phi) is 4.96. The van der Waals surface area contributed by atoms with E-state index in [0.717, 1.165) is 16.5 Å². The molecule has 0 saturated carbocycles. The molecule has 23 heavy (non-hydrogen) atoms. The summed E-state index contributed by atoms with van der Waals surface area (Å²) in [6, 6.07) is 14.5. The topological polar surface area (TPSA) is 83.1 Å². The molecule has 5 heteroatoms. The minimum absolute atomic E-state index is 0.00340. The van der Waals surface area contributed by atoms with Crippen LogP contribution in [0, 0.1) is 22.7 Å². The monoisotopic (exact) mass is 306 g/mol. The van der Waals surface area contributed by atoms with Gasteiger partial charge in [-0.25, -0.2) is 4.79 Å². The first-order valence-corrected chi connectivity index (χ1v) is 6.94. The van der Waals surface area contributed by atoms with E-state index >= 15 is 0 Å². The van der Waals surface area contributed by atoms with Crippen LogP contribution in [0.3, 0.4) is 0 Å². The highest BCUT2D eigenvalue weighted by Crippen LogP contribution is 2.26. The zero-order chi connectivity index (χ0) is 16.8. The highest BCUT2D eigenvalue weighted by atomic mass is 16.5. The van der Waals surface area contributed by atoms with Crippen molar-refractivity contribution < 1.29 is 14.3 Å². The van der Waals surface area contributed by atoms with Gasteiger partial charge >= 0.3 is 5.97 Å². The van der Waals surface area contributed by atoms with Gasteiger partial charge in [0.25, 0.3) is 0 Å². The molecule has 0 saturated heterocycles. The largest absolute Gasteiger partial charge is 0.497 e. The standard InChI is InChI=1S/C18H14N2O3/c1-3-23-18(21)17(11-20)16(10-19)14-5-4-13-9-15(22-2)7-6-12(13)8-14/h4-9H,3H2,1-2H3. The number of nitrogens with zero attached hydrogens (tertiary/aromatic N) is 2. The van der Waals surface area contributed by atoms with Crippen LogP contribution in [0.5, 0.6) is 5.75 Å². The lowest BCUT2D eigenvalue weighted by Crippen LogP contribution is -2.08. The number of hydrogen-bond acceptors (Lipinski definition) is 5. The summed E-state index contributed by atoms with van der Waals surface area (Å²) in [7, 11) is 1.59. The molecule has 2 aromatic rings. The Labute approximate surface area is 134 Å². The maximum atomic E-state index is 11.8. The fourth-order valence-electron chi connectivity index (χ4n) is 2.18. The van der Waals surface area contributed by atoms with Crippen molar-refractivity contribution in [1.29, 1.82) is 10.5 Å². The lowest BCUT2D eigenvalue weighted by atomic mass is 9.98. The van der Waals surface area contributed by atoms with E-state index < -0.39 is 5.97 Å². The van der Waals surface area contributed by atoms with Gasteiger partial charge in [-0.1, -0.05) is 18.2 Å². The second-order valence-corrected chi connectivity index (χ2v) is 4.62. The molecular weight excluding hydrogens is 292 g/mol. The van der Waals surface area contributed by atoms with Crippen molar-refractivity contribution in [3.8, 4) is 17.9 Å². The minimum Gasteiger partial charge on any atom is -0.497 e. The van der Waals surface area contributed by atoms with E-state index in [1.54, 1.807) is 38.3 Å². The zero-order valence-corrected chi connectivity index (χ0v) is 12.8. The van der Waals surface area contributed by atoms with Crippen molar-refractivity contribution in [3.05, 3.63) is 47.5 Å². The van der Waals surface area contributed by atoms with Crippen molar-refractivity contribution in [2.75, 3.05) is 13.7 Å². The summed E-state index contributed by atoms with van der Waals surface area (Å²) in [5.74, 6) is -0.0630. The smallest absolute Gasteiger partial charge is 0.350 e. The Morgan fingerprint density at radius 3 is 2.39 bits per heavy atom. The van der Waals surface area contributed by atoms with Crippen LogP contribution in [0.2, 0.25) is 0 Å². The molecule has 0 fully saturated rings. The molecule has 0 aromatic heterocycles. The van der Waals surface area contributed by atoms with E-state index in [9.17, 15) is 15.3 Å². The molecule has 0 bridgehead atoms. The fraction of sp³-hybridized carbons (Fsp3) is 0.167. The third-order valence-electron chi connectivity index (χ3n) is 3.29. The number of allylic oxidation sites excluding steroid dienone is 1. The predicted octanol–water partition coefficient (Wildman–Crippen LogP) is 3.21. The molecule has 0 amide bonds. The summed E-state index contributed by atoms with van der Waals surface area (Å²) < 4.78 is 10.00. The minimum atomic E-state index is -0.790. The van der Waals surface area contributed by atoms with Crippen molar-refractivity contribution >= 4 is 22.3 Å². The van der Waals surface area contributed by atoms with Gasteiger partial charge in [0.15, 0.2) is 5.57 Å².